The molecule has 0 amide bonds. The van der Waals surface area contributed by atoms with Crippen molar-refractivity contribution in [1.82, 2.24) is 4.72 Å². The van der Waals surface area contributed by atoms with E-state index in [4.69, 9.17) is 17.3 Å². The van der Waals surface area contributed by atoms with E-state index in [1.807, 2.05) is 6.26 Å². The van der Waals surface area contributed by atoms with Crippen LogP contribution in [-0.4, -0.2) is 26.0 Å². The van der Waals surface area contributed by atoms with Crippen LogP contribution < -0.4 is 10.5 Å². The van der Waals surface area contributed by atoms with Gasteiger partial charge >= 0.3 is 0 Å². The predicted molar refractivity (Wildman–Crippen MR) is 92.6 cm³/mol. The van der Waals surface area contributed by atoms with Crippen LogP contribution in [0.4, 0.5) is 5.69 Å². The van der Waals surface area contributed by atoms with E-state index in [0.29, 0.717) is 22.8 Å². The Morgan fingerprint density at radius 1 is 1.33 bits per heavy atom. The third-order valence-corrected chi connectivity index (χ3v) is 7.34. The highest BCUT2D eigenvalue weighted by atomic mass is 35.5. The van der Waals surface area contributed by atoms with Gasteiger partial charge in [0.25, 0.3) is 0 Å². The standard InChI is InChI=1S/C14H23ClN2O2S2/c1-5-14(6-2,20-4)9-17-21(18,19)11-7-12(15)10(3)13(16)8-11/h7-8,17H,5-6,9,16H2,1-4H3. The molecular weight excluding hydrogens is 328 g/mol. The van der Waals surface area contributed by atoms with E-state index < -0.39 is 10.0 Å². The van der Waals surface area contributed by atoms with E-state index in [2.05, 4.69) is 18.6 Å². The molecule has 0 fully saturated rings. The Hall–Kier alpha value is -0.430. The topological polar surface area (TPSA) is 72.2 Å². The Morgan fingerprint density at radius 2 is 1.90 bits per heavy atom. The maximum Gasteiger partial charge on any atom is 0.240 e. The molecule has 120 valence electrons. The van der Waals surface area contributed by atoms with Crippen molar-refractivity contribution in [2.75, 3.05) is 18.5 Å². The van der Waals surface area contributed by atoms with Crippen LogP contribution in [0.2, 0.25) is 5.02 Å². The summed E-state index contributed by atoms with van der Waals surface area (Å²) in [5.74, 6) is 0. The molecule has 0 bridgehead atoms. The van der Waals surface area contributed by atoms with E-state index in [1.54, 1.807) is 18.7 Å². The number of hydrogen-bond acceptors (Lipinski definition) is 4. The van der Waals surface area contributed by atoms with Crippen molar-refractivity contribution in [2.45, 2.75) is 43.3 Å². The molecule has 4 nitrogen and oxygen atoms in total. The van der Waals surface area contributed by atoms with Gasteiger partial charge in [0.2, 0.25) is 10.0 Å². The summed E-state index contributed by atoms with van der Waals surface area (Å²) in [4.78, 5) is 0.109. The van der Waals surface area contributed by atoms with Crippen molar-refractivity contribution in [3.8, 4) is 0 Å². The van der Waals surface area contributed by atoms with Crippen LogP contribution in [-0.2, 0) is 10.0 Å². The van der Waals surface area contributed by atoms with Gasteiger partial charge in [-0.1, -0.05) is 25.4 Å². The average molecular weight is 351 g/mol. The summed E-state index contributed by atoms with van der Waals surface area (Å²) in [6.07, 6.45) is 3.79. The lowest BCUT2D eigenvalue weighted by Gasteiger charge is -2.29. The molecule has 1 aromatic carbocycles. The first kappa shape index (κ1) is 18.6. The first-order valence-electron chi connectivity index (χ1n) is 6.81. The number of thioether (sulfide) groups is 1. The van der Waals surface area contributed by atoms with Gasteiger partial charge in [-0.3, -0.25) is 0 Å². The van der Waals surface area contributed by atoms with Crippen LogP contribution in [0, 0.1) is 6.92 Å². The molecule has 1 aromatic rings. The highest BCUT2D eigenvalue weighted by molar-refractivity contribution is 8.00. The van der Waals surface area contributed by atoms with Crippen molar-refractivity contribution in [2.24, 2.45) is 0 Å². The van der Waals surface area contributed by atoms with Crippen molar-refractivity contribution in [1.29, 1.82) is 0 Å². The molecular formula is C14H23ClN2O2S2. The lowest BCUT2D eigenvalue weighted by Crippen LogP contribution is -2.39. The van der Waals surface area contributed by atoms with Crippen LogP contribution in [0.25, 0.3) is 0 Å². The van der Waals surface area contributed by atoms with E-state index in [9.17, 15) is 8.42 Å². The summed E-state index contributed by atoms with van der Waals surface area (Å²) >= 11 is 7.71. The summed E-state index contributed by atoms with van der Waals surface area (Å²) in [6, 6.07) is 2.89. The molecule has 3 N–H and O–H groups in total. The van der Waals surface area contributed by atoms with Crippen LogP contribution in [0.5, 0.6) is 0 Å². The maximum absolute atomic E-state index is 12.4. The van der Waals surface area contributed by atoms with Gasteiger partial charge in [-0.2, -0.15) is 11.8 Å². The normalized spacial score (nSPS) is 12.6. The zero-order chi connectivity index (χ0) is 16.3. The van der Waals surface area contributed by atoms with Gasteiger partial charge < -0.3 is 5.73 Å². The Balaban J connectivity index is 3.03. The number of sulfonamides is 1. The van der Waals surface area contributed by atoms with Crippen molar-refractivity contribution < 1.29 is 8.42 Å². The Kier molecular flexibility index (Phi) is 6.40. The lowest BCUT2D eigenvalue weighted by atomic mass is 10.0. The summed E-state index contributed by atoms with van der Waals surface area (Å²) in [5.41, 5.74) is 6.87. The predicted octanol–water partition coefficient (Wildman–Crippen LogP) is 3.43. The molecule has 0 heterocycles. The summed E-state index contributed by atoms with van der Waals surface area (Å²) in [6.45, 7) is 6.27. The number of rotatable bonds is 7. The van der Waals surface area contributed by atoms with Gasteiger partial charge in [0.1, 0.15) is 0 Å². The second-order valence-electron chi connectivity index (χ2n) is 5.04. The van der Waals surface area contributed by atoms with Gasteiger partial charge in [0, 0.05) is 22.0 Å². The second-order valence-corrected chi connectivity index (χ2v) is 8.49. The van der Waals surface area contributed by atoms with Crippen LogP contribution in [0.3, 0.4) is 0 Å². The zero-order valence-electron chi connectivity index (χ0n) is 12.9. The van der Waals surface area contributed by atoms with Gasteiger partial charge in [0.05, 0.1) is 4.90 Å². The fourth-order valence-electron chi connectivity index (χ4n) is 2.00. The van der Waals surface area contributed by atoms with E-state index in [1.165, 1.54) is 12.1 Å². The number of nitrogens with two attached hydrogens (primary N) is 1. The van der Waals surface area contributed by atoms with Crippen LogP contribution in [0.1, 0.15) is 32.3 Å². The summed E-state index contributed by atoms with van der Waals surface area (Å²) < 4.78 is 27.4. The highest BCUT2D eigenvalue weighted by Crippen LogP contribution is 2.31. The van der Waals surface area contributed by atoms with Gasteiger partial charge in [0.15, 0.2) is 0 Å². The third kappa shape index (κ3) is 4.28. The van der Waals surface area contributed by atoms with Crippen molar-refractivity contribution >= 4 is 39.1 Å². The molecule has 7 heteroatoms. The molecule has 0 atom stereocenters. The average Bonchev–Trinajstić information content (AvgIpc) is 2.46. The number of benzene rings is 1. The van der Waals surface area contributed by atoms with E-state index in [0.717, 1.165) is 12.8 Å². The number of halogens is 1. The van der Waals surface area contributed by atoms with E-state index >= 15 is 0 Å². The third-order valence-electron chi connectivity index (χ3n) is 3.97. The quantitative estimate of drug-likeness (QED) is 0.739. The molecule has 0 aliphatic heterocycles. The summed E-state index contributed by atoms with van der Waals surface area (Å²) in [7, 11) is -3.61. The van der Waals surface area contributed by atoms with Gasteiger partial charge in [-0.15, -0.1) is 0 Å². The second kappa shape index (κ2) is 7.22. The monoisotopic (exact) mass is 350 g/mol. The number of nitrogen functional groups attached to an aromatic ring is 1. The van der Waals surface area contributed by atoms with Gasteiger partial charge in [-0.05, 0) is 43.7 Å². The first-order chi connectivity index (χ1) is 9.71. The molecule has 1 rings (SSSR count). The molecule has 0 saturated carbocycles. The first-order valence-corrected chi connectivity index (χ1v) is 9.90. The Labute approximate surface area is 136 Å². The Morgan fingerprint density at radius 3 is 2.33 bits per heavy atom. The number of nitrogens with one attached hydrogen (secondary N) is 1. The molecule has 0 aliphatic rings. The van der Waals surface area contributed by atoms with Crippen molar-refractivity contribution in [3.63, 3.8) is 0 Å². The number of hydrogen-bond donors (Lipinski definition) is 2. The summed E-state index contributed by atoms with van der Waals surface area (Å²) in [5, 5.41) is 0.359. The van der Waals surface area contributed by atoms with Gasteiger partial charge in [-0.25, -0.2) is 13.1 Å². The lowest BCUT2D eigenvalue weighted by molar-refractivity contribution is 0.522. The zero-order valence-corrected chi connectivity index (χ0v) is 15.3. The molecule has 21 heavy (non-hydrogen) atoms. The molecule has 0 aliphatic carbocycles. The minimum atomic E-state index is -3.61. The fourth-order valence-corrected chi connectivity index (χ4v) is 4.36. The molecule has 0 saturated heterocycles. The smallest absolute Gasteiger partial charge is 0.240 e. The maximum atomic E-state index is 12.4. The van der Waals surface area contributed by atoms with Crippen LogP contribution >= 0.6 is 23.4 Å². The number of anilines is 1. The largest absolute Gasteiger partial charge is 0.398 e. The minimum Gasteiger partial charge on any atom is -0.398 e. The minimum absolute atomic E-state index is 0.0902. The SMILES string of the molecule is CCC(CC)(CNS(=O)(=O)c1cc(N)c(C)c(Cl)c1)SC. The van der Waals surface area contributed by atoms with Crippen molar-refractivity contribution in [3.05, 3.63) is 22.7 Å². The molecule has 0 unspecified atom stereocenters. The van der Waals surface area contributed by atoms with Crippen LogP contribution in [0.15, 0.2) is 17.0 Å². The van der Waals surface area contributed by atoms with E-state index in [-0.39, 0.29) is 9.64 Å². The molecule has 0 radical (unpaired) electrons. The molecule has 0 spiro atoms. The fraction of sp³-hybridized carbons (Fsp3) is 0.571. The highest BCUT2D eigenvalue weighted by Gasteiger charge is 2.27. The molecule has 0 aromatic heterocycles. The Bertz CT molecular complexity index is 568.